The molecular weight excluding hydrogens is 288 g/mol. The Bertz CT molecular complexity index is 731. The van der Waals surface area contributed by atoms with Crippen molar-refractivity contribution in [3.05, 3.63) is 46.5 Å². The third-order valence-corrected chi connectivity index (χ3v) is 4.70. The highest BCUT2D eigenvalue weighted by Crippen LogP contribution is 2.40. The van der Waals surface area contributed by atoms with Gasteiger partial charge in [0.2, 0.25) is 5.91 Å². The van der Waals surface area contributed by atoms with Crippen LogP contribution in [0.2, 0.25) is 0 Å². The summed E-state index contributed by atoms with van der Waals surface area (Å²) in [7, 11) is 0. The zero-order chi connectivity index (χ0) is 16.6. The Labute approximate surface area is 137 Å². The molecule has 2 aromatic heterocycles. The van der Waals surface area contributed by atoms with Gasteiger partial charge in [-0.25, -0.2) is 0 Å². The quantitative estimate of drug-likeness (QED) is 0.923. The number of amides is 1. The number of aryl methyl sites for hydroxylation is 2. The zero-order valence-corrected chi connectivity index (χ0v) is 14.3. The lowest BCUT2D eigenvalue weighted by Gasteiger charge is -2.18. The number of aromatic nitrogens is 3. The van der Waals surface area contributed by atoms with Crippen LogP contribution < -0.4 is 5.32 Å². The highest BCUT2D eigenvalue weighted by atomic mass is 16.2. The van der Waals surface area contributed by atoms with Gasteiger partial charge in [-0.15, -0.1) is 0 Å². The van der Waals surface area contributed by atoms with E-state index in [2.05, 4.69) is 28.4 Å². The molecular formula is C18H24N4O. The Kier molecular flexibility index (Phi) is 4.20. The second-order valence-corrected chi connectivity index (χ2v) is 6.59. The summed E-state index contributed by atoms with van der Waals surface area (Å²) in [5.41, 5.74) is 5.31. The second-order valence-electron chi connectivity index (χ2n) is 6.59. The fourth-order valence-corrected chi connectivity index (χ4v) is 2.89. The van der Waals surface area contributed by atoms with Gasteiger partial charge in [0.1, 0.15) is 6.54 Å². The molecule has 5 nitrogen and oxygen atoms in total. The molecule has 1 saturated carbocycles. The molecule has 1 fully saturated rings. The summed E-state index contributed by atoms with van der Waals surface area (Å²) in [6.07, 6.45) is 4.12. The lowest BCUT2D eigenvalue weighted by molar-refractivity contribution is -0.122. The predicted molar refractivity (Wildman–Crippen MR) is 89.0 cm³/mol. The number of hydrogen-bond acceptors (Lipinski definition) is 3. The molecule has 3 rings (SSSR count). The van der Waals surface area contributed by atoms with E-state index in [0.717, 1.165) is 35.5 Å². The number of rotatable bonds is 5. The van der Waals surface area contributed by atoms with Crippen LogP contribution in [0.25, 0.3) is 0 Å². The minimum absolute atomic E-state index is 0.00388. The van der Waals surface area contributed by atoms with Gasteiger partial charge in [0.25, 0.3) is 0 Å². The van der Waals surface area contributed by atoms with Crippen LogP contribution in [-0.4, -0.2) is 20.7 Å². The van der Waals surface area contributed by atoms with Crippen LogP contribution in [0, 0.1) is 33.6 Å². The van der Waals surface area contributed by atoms with Gasteiger partial charge in [-0.1, -0.05) is 0 Å². The molecule has 0 saturated heterocycles. The summed E-state index contributed by atoms with van der Waals surface area (Å²) in [6, 6.07) is 4.06. The van der Waals surface area contributed by atoms with Crippen molar-refractivity contribution in [3.8, 4) is 0 Å². The molecule has 0 radical (unpaired) electrons. The number of nitrogens with one attached hydrogen (secondary N) is 1. The average Bonchev–Trinajstić information content (AvgIpc) is 3.31. The molecule has 2 aromatic rings. The maximum Gasteiger partial charge on any atom is 0.242 e. The topological polar surface area (TPSA) is 59.8 Å². The SMILES string of the molecule is Cc1ccnc([C@@H](NC(=O)Cn2nc(C)c(C)c2C)C2CC2)c1. The Hall–Kier alpha value is -2.17. The molecule has 122 valence electrons. The lowest BCUT2D eigenvalue weighted by Crippen LogP contribution is -2.33. The number of carbonyl (C=O) groups is 1. The van der Waals surface area contributed by atoms with Crippen LogP contribution in [-0.2, 0) is 11.3 Å². The number of pyridine rings is 1. The second kappa shape index (κ2) is 6.14. The van der Waals surface area contributed by atoms with E-state index in [0.29, 0.717) is 5.92 Å². The van der Waals surface area contributed by atoms with Crippen molar-refractivity contribution in [3.63, 3.8) is 0 Å². The maximum absolute atomic E-state index is 12.5. The first-order valence-corrected chi connectivity index (χ1v) is 8.18. The van der Waals surface area contributed by atoms with Crippen LogP contribution in [0.1, 0.15) is 47.1 Å². The molecule has 1 aliphatic rings. The fraction of sp³-hybridized carbons (Fsp3) is 0.500. The van der Waals surface area contributed by atoms with Crippen molar-refractivity contribution in [2.75, 3.05) is 0 Å². The molecule has 5 heteroatoms. The summed E-state index contributed by atoms with van der Waals surface area (Å²) in [6.45, 7) is 8.32. The summed E-state index contributed by atoms with van der Waals surface area (Å²) < 4.78 is 1.79. The highest BCUT2D eigenvalue weighted by Gasteiger charge is 2.34. The van der Waals surface area contributed by atoms with Gasteiger partial charge in [-0.05, 0) is 69.7 Å². The summed E-state index contributed by atoms with van der Waals surface area (Å²) >= 11 is 0. The summed E-state index contributed by atoms with van der Waals surface area (Å²) in [5, 5.41) is 7.61. The first-order valence-electron chi connectivity index (χ1n) is 8.18. The van der Waals surface area contributed by atoms with E-state index in [4.69, 9.17) is 0 Å². The van der Waals surface area contributed by atoms with Crippen LogP contribution in [0.4, 0.5) is 0 Å². The van der Waals surface area contributed by atoms with Crippen LogP contribution in [0.5, 0.6) is 0 Å². The van der Waals surface area contributed by atoms with Gasteiger partial charge in [0.15, 0.2) is 0 Å². The largest absolute Gasteiger partial charge is 0.346 e. The van der Waals surface area contributed by atoms with Gasteiger partial charge < -0.3 is 5.32 Å². The number of carbonyl (C=O) groups excluding carboxylic acids is 1. The van der Waals surface area contributed by atoms with E-state index in [1.165, 1.54) is 5.56 Å². The Morgan fingerprint density at radius 3 is 2.65 bits per heavy atom. The first-order chi connectivity index (χ1) is 11.0. The smallest absolute Gasteiger partial charge is 0.242 e. The monoisotopic (exact) mass is 312 g/mol. The van der Waals surface area contributed by atoms with Gasteiger partial charge >= 0.3 is 0 Å². The third kappa shape index (κ3) is 3.44. The minimum atomic E-state index is -0.00388. The van der Waals surface area contributed by atoms with Crippen molar-refractivity contribution in [1.29, 1.82) is 0 Å². The van der Waals surface area contributed by atoms with E-state index >= 15 is 0 Å². The van der Waals surface area contributed by atoms with E-state index < -0.39 is 0 Å². The molecule has 1 atom stereocenters. The molecule has 2 heterocycles. The zero-order valence-electron chi connectivity index (χ0n) is 14.3. The normalized spacial score (nSPS) is 15.5. The standard InChI is InChI=1S/C18H24N4O/c1-11-7-8-19-16(9-11)18(15-5-6-15)20-17(23)10-22-14(4)12(2)13(3)21-22/h7-9,15,18H,5-6,10H2,1-4H3,(H,20,23)/t18-/m0/s1. The van der Waals surface area contributed by atoms with Crippen LogP contribution in [0.3, 0.4) is 0 Å². The van der Waals surface area contributed by atoms with Crippen LogP contribution >= 0.6 is 0 Å². The molecule has 0 aliphatic heterocycles. The lowest BCUT2D eigenvalue weighted by atomic mass is 10.1. The molecule has 0 unspecified atom stereocenters. The van der Waals surface area contributed by atoms with Gasteiger partial charge in [-0.2, -0.15) is 5.10 Å². The fourth-order valence-electron chi connectivity index (χ4n) is 2.89. The van der Waals surface area contributed by atoms with Gasteiger partial charge in [-0.3, -0.25) is 14.5 Å². The molecule has 0 spiro atoms. The van der Waals surface area contributed by atoms with Gasteiger partial charge in [0, 0.05) is 11.9 Å². The van der Waals surface area contributed by atoms with E-state index in [9.17, 15) is 4.79 Å². The molecule has 1 N–H and O–H groups in total. The first kappa shape index (κ1) is 15.7. The summed E-state index contributed by atoms with van der Waals surface area (Å²) in [5.74, 6) is 0.506. The molecule has 1 amide bonds. The van der Waals surface area contributed by atoms with E-state index in [1.54, 1.807) is 4.68 Å². The molecule has 0 bridgehead atoms. The van der Waals surface area contributed by atoms with Gasteiger partial charge in [0.05, 0.1) is 17.4 Å². The van der Waals surface area contributed by atoms with E-state index in [-0.39, 0.29) is 18.5 Å². The van der Waals surface area contributed by atoms with Crippen molar-refractivity contribution >= 4 is 5.91 Å². The average molecular weight is 312 g/mol. The molecule has 23 heavy (non-hydrogen) atoms. The highest BCUT2D eigenvalue weighted by molar-refractivity contribution is 5.76. The molecule has 0 aromatic carbocycles. The predicted octanol–water partition coefficient (Wildman–Crippen LogP) is 2.78. The Balaban J connectivity index is 1.73. The van der Waals surface area contributed by atoms with Crippen molar-refractivity contribution < 1.29 is 4.79 Å². The van der Waals surface area contributed by atoms with Crippen molar-refractivity contribution in [2.24, 2.45) is 5.92 Å². The third-order valence-electron chi connectivity index (χ3n) is 4.70. The maximum atomic E-state index is 12.5. The van der Waals surface area contributed by atoms with E-state index in [1.807, 2.05) is 33.0 Å². The molecule has 1 aliphatic carbocycles. The van der Waals surface area contributed by atoms with Crippen molar-refractivity contribution in [2.45, 2.75) is 53.1 Å². The number of nitrogens with zero attached hydrogens (tertiary/aromatic N) is 3. The van der Waals surface area contributed by atoms with Crippen molar-refractivity contribution in [1.82, 2.24) is 20.1 Å². The Morgan fingerprint density at radius 2 is 2.09 bits per heavy atom. The van der Waals surface area contributed by atoms with Crippen LogP contribution in [0.15, 0.2) is 18.3 Å². The number of hydrogen-bond donors (Lipinski definition) is 1. The summed E-state index contributed by atoms with van der Waals surface area (Å²) in [4.78, 5) is 16.9. The Morgan fingerprint density at radius 1 is 1.35 bits per heavy atom. The minimum Gasteiger partial charge on any atom is -0.346 e.